The minimum atomic E-state index is -1.29. The molecule has 0 saturated carbocycles. The van der Waals surface area contributed by atoms with Crippen molar-refractivity contribution in [3.63, 3.8) is 0 Å². The number of hydrogen-bond acceptors (Lipinski definition) is 11. The summed E-state index contributed by atoms with van der Waals surface area (Å²) < 4.78 is 28.2. The molecule has 0 spiro atoms. The first-order chi connectivity index (χ1) is 63.1. The van der Waals surface area contributed by atoms with Crippen LogP contribution in [0.25, 0.3) is 49.2 Å². The van der Waals surface area contributed by atoms with E-state index < -0.39 is 5.97 Å². The van der Waals surface area contributed by atoms with Gasteiger partial charge in [-0.25, -0.2) is 19.7 Å². The molecular weight excluding hydrogens is 1580 g/mol. The summed E-state index contributed by atoms with van der Waals surface area (Å²) in [5.41, 5.74) is 6.97. The summed E-state index contributed by atoms with van der Waals surface area (Å²) >= 11 is 0. The van der Waals surface area contributed by atoms with E-state index in [-0.39, 0.29) is 5.57 Å². The number of carboxylic acid groups (broad SMARTS) is 1. The number of benzene rings is 9. The van der Waals surface area contributed by atoms with Crippen LogP contribution < -0.4 is 43.7 Å². The van der Waals surface area contributed by atoms with Gasteiger partial charge in [-0.3, -0.25) is 9.80 Å². The van der Waals surface area contributed by atoms with Gasteiger partial charge in [0.1, 0.15) is 81.2 Å². The standard InChI is InChI=1S/C112H134N10O6/c1-7-13-19-25-29-43-71-125-92-76-90(77-93(80-92)126-72-44-30-26-20-14-8-2)119-106-98-51-37-35-49-96(98)104(114-106)118(70-69-85-57-59-86(60-58-85)75-87(82-113)112(123)124)105-97-50-36-38-52-99(97)107(115-105)120(91-78-94(127-73-45-31-27-21-15-9-3)81-95(79-91)128-74-46-32-28-22-16-10-4)109-101-54-40-42-56-103(101)111(117-109)122(110-102-55-41-39-53-100(102)108(119)116-110)121(88-65-61-83(62-66-88)47-33-23-17-11-5)89-67-63-84(64-68-89)48-34-24-18-12-6/h35-42,49-68,75-81,114-117H,7-34,43-48,71-74H2,1-6H3,(H,123,124)/b87-75-. The molecule has 0 fully saturated rings. The molecule has 14 rings (SSSR count). The summed E-state index contributed by atoms with van der Waals surface area (Å²) in [6.07, 6.45) is 39.7. The quantitative estimate of drug-likeness (QED) is 0.0106. The number of carboxylic acids is 1. The molecule has 5 N–H and O–H groups in total. The van der Waals surface area contributed by atoms with Crippen LogP contribution in [0.15, 0.2) is 212 Å². The van der Waals surface area contributed by atoms with Gasteiger partial charge in [0.25, 0.3) is 0 Å². The molecular formula is C112H134N10O6. The van der Waals surface area contributed by atoms with E-state index in [2.05, 4.69) is 280 Å². The lowest BCUT2D eigenvalue weighted by atomic mass is 10.0. The third-order valence-electron chi connectivity index (χ3n) is 24.9. The lowest BCUT2D eigenvalue weighted by Gasteiger charge is -2.37. The molecule has 13 aromatic rings. The van der Waals surface area contributed by atoms with Crippen LogP contribution in [0.5, 0.6) is 23.0 Å². The number of nitrogens with zero attached hydrogens (tertiary/aromatic N) is 6. The van der Waals surface area contributed by atoms with E-state index in [1.807, 2.05) is 18.2 Å². The van der Waals surface area contributed by atoms with Crippen LogP contribution in [0.3, 0.4) is 0 Å². The summed E-state index contributed by atoms with van der Waals surface area (Å²) in [5.74, 6) is 11.1. The molecule has 8 bridgehead atoms. The van der Waals surface area contributed by atoms with Crippen molar-refractivity contribution < 1.29 is 28.8 Å². The Morgan fingerprint density at radius 1 is 0.352 bits per heavy atom. The fourth-order valence-corrected chi connectivity index (χ4v) is 17.8. The molecule has 128 heavy (non-hydrogen) atoms. The molecule has 16 heteroatoms. The summed E-state index contributed by atoms with van der Waals surface area (Å²) in [7, 11) is 0. The van der Waals surface area contributed by atoms with Crippen LogP contribution in [0.1, 0.15) is 269 Å². The number of nitrogens with one attached hydrogen (secondary N) is 4. The Hall–Kier alpha value is -12.4. The van der Waals surface area contributed by atoms with Gasteiger partial charge in [0.05, 0.1) is 49.2 Å². The Labute approximate surface area is 760 Å². The van der Waals surface area contributed by atoms with E-state index in [1.165, 1.54) is 133 Å². The monoisotopic (exact) mass is 1720 g/mol. The van der Waals surface area contributed by atoms with Gasteiger partial charge in [-0.1, -0.05) is 342 Å². The molecule has 9 aromatic carbocycles. The highest BCUT2D eigenvalue weighted by Gasteiger charge is 2.36. The third-order valence-corrected chi connectivity index (χ3v) is 24.9. The summed E-state index contributed by atoms with van der Waals surface area (Å²) in [6, 6.07) is 79.4. The van der Waals surface area contributed by atoms with E-state index in [0.29, 0.717) is 72.2 Å². The summed E-state index contributed by atoms with van der Waals surface area (Å²) in [4.78, 5) is 36.2. The maximum atomic E-state index is 12.2. The van der Waals surface area contributed by atoms with Crippen LogP contribution in [-0.2, 0) is 17.6 Å². The Bertz CT molecular complexity index is 5460. The number of unbranched alkanes of at least 4 members (excludes halogenated alkanes) is 26. The van der Waals surface area contributed by atoms with Crippen molar-refractivity contribution >= 4 is 124 Å². The fourth-order valence-electron chi connectivity index (χ4n) is 17.8. The smallest absolute Gasteiger partial charge is 0.346 e. The second kappa shape index (κ2) is 47.4. The minimum Gasteiger partial charge on any atom is -0.493 e. The van der Waals surface area contributed by atoms with Gasteiger partial charge in [-0.05, 0) is 116 Å². The minimum absolute atomic E-state index is 0.365. The van der Waals surface area contributed by atoms with E-state index >= 15 is 0 Å². The molecule has 1 aliphatic heterocycles. The predicted molar refractivity (Wildman–Crippen MR) is 535 cm³/mol. The number of hydrazine groups is 1. The molecule has 5 heterocycles. The molecule has 0 radical (unpaired) electrons. The Morgan fingerprint density at radius 2 is 0.641 bits per heavy atom. The average molecular weight is 1720 g/mol. The first-order valence-corrected chi connectivity index (χ1v) is 48.5. The van der Waals surface area contributed by atoms with E-state index in [9.17, 15) is 15.2 Å². The highest BCUT2D eigenvalue weighted by molar-refractivity contribution is 6.16. The fraction of sp³-hybridized carbons (Fsp3) is 0.393. The lowest BCUT2D eigenvalue weighted by molar-refractivity contribution is -0.132. The van der Waals surface area contributed by atoms with Crippen molar-refractivity contribution in [2.75, 3.05) is 51.1 Å². The Kier molecular flexibility index (Phi) is 34.0. The molecule has 0 unspecified atom stereocenters. The van der Waals surface area contributed by atoms with Gasteiger partial charge in [0.2, 0.25) is 0 Å². The second-order valence-corrected chi connectivity index (χ2v) is 34.7. The zero-order valence-electron chi connectivity index (χ0n) is 76.7. The molecule has 4 aromatic heterocycles. The van der Waals surface area contributed by atoms with Crippen molar-refractivity contribution in [3.05, 3.63) is 234 Å². The summed E-state index contributed by atoms with van der Waals surface area (Å²) in [5, 5.41) is 32.0. The van der Waals surface area contributed by atoms with Crippen LogP contribution >= 0.6 is 0 Å². The number of ether oxygens (including phenoxy) is 4. The van der Waals surface area contributed by atoms with Gasteiger partial charge < -0.3 is 44.0 Å². The number of aromatic nitrogens is 4. The largest absolute Gasteiger partial charge is 0.493 e. The third kappa shape index (κ3) is 23.3. The number of aryl methyl sites for hydroxylation is 2. The maximum Gasteiger partial charge on any atom is 0.346 e. The van der Waals surface area contributed by atoms with Crippen LogP contribution in [0.4, 0.5) is 69.3 Å². The number of rotatable bonds is 49. The Balaban J connectivity index is 1.09. The number of nitriles is 1. The number of aliphatic carboxylic acids is 1. The van der Waals surface area contributed by atoms with Crippen molar-refractivity contribution in [1.29, 1.82) is 5.26 Å². The highest BCUT2D eigenvalue weighted by Crippen LogP contribution is 2.55. The van der Waals surface area contributed by atoms with Gasteiger partial charge in [-0.2, -0.15) is 5.26 Å². The van der Waals surface area contributed by atoms with Crippen molar-refractivity contribution in [2.24, 2.45) is 0 Å². The molecule has 0 saturated heterocycles. The lowest BCUT2D eigenvalue weighted by Crippen LogP contribution is -2.36. The van der Waals surface area contributed by atoms with Crippen LogP contribution in [0.2, 0.25) is 0 Å². The van der Waals surface area contributed by atoms with Gasteiger partial charge >= 0.3 is 5.97 Å². The number of hydrogen-bond donors (Lipinski definition) is 5. The molecule has 668 valence electrons. The van der Waals surface area contributed by atoms with Gasteiger partial charge in [0, 0.05) is 91.1 Å². The zero-order valence-corrected chi connectivity index (χ0v) is 76.7. The van der Waals surface area contributed by atoms with E-state index in [4.69, 9.17) is 18.9 Å². The molecule has 0 amide bonds. The predicted octanol–water partition coefficient (Wildman–Crippen LogP) is 32.1. The number of anilines is 12. The number of aromatic amines is 4. The second-order valence-electron chi connectivity index (χ2n) is 34.7. The number of H-pyrrole nitrogens is 4. The molecule has 0 atom stereocenters. The van der Waals surface area contributed by atoms with Crippen molar-refractivity contribution in [2.45, 2.75) is 260 Å². The molecule has 16 nitrogen and oxygen atoms in total. The maximum absolute atomic E-state index is 12.2. The normalized spacial score (nSPS) is 12.2. The summed E-state index contributed by atoms with van der Waals surface area (Å²) in [6.45, 7) is 15.8. The van der Waals surface area contributed by atoms with Gasteiger partial charge in [0.15, 0.2) is 0 Å². The van der Waals surface area contributed by atoms with Gasteiger partial charge in [-0.15, -0.1) is 0 Å². The SMILES string of the molecule is CCCCCCCCOc1cc(OCCCCCCCC)cc(N2c3[nH]c(c4ccccc34)N(C#Cc3ccc(/C=C(/C#N)C(=O)O)cc3)c3[nH]c(c4ccccc34)N(c3cc(OCCCCCCCC)cc(OCCCCCCCC)c3)c3[nH]c(c4ccccc34)N(N(c3ccc(CCCCCC)cc3)c3ccc(CCCCCC)cc3)c3[nH]c2c2ccccc32)c1. The van der Waals surface area contributed by atoms with Crippen LogP contribution in [-0.4, -0.2) is 57.4 Å². The van der Waals surface area contributed by atoms with Crippen molar-refractivity contribution in [3.8, 4) is 41.0 Å². The highest BCUT2D eigenvalue weighted by atomic mass is 16.5. The van der Waals surface area contributed by atoms with Crippen LogP contribution in [0, 0.1) is 23.3 Å². The number of carbonyl (C=O) groups is 1. The molecule has 1 aliphatic rings. The van der Waals surface area contributed by atoms with E-state index in [1.54, 1.807) is 12.1 Å². The first-order valence-electron chi connectivity index (χ1n) is 48.5. The van der Waals surface area contributed by atoms with E-state index in [0.717, 1.165) is 203 Å². The van der Waals surface area contributed by atoms with Crippen molar-refractivity contribution in [1.82, 2.24) is 19.9 Å². The topological polar surface area (TPSA) is 177 Å². The first kappa shape index (κ1) is 91.8. The Morgan fingerprint density at radius 3 is 0.953 bits per heavy atom. The average Bonchev–Trinajstić information content (AvgIpc) is 1.56. The zero-order chi connectivity index (χ0) is 88.6. The molecule has 0 aliphatic carbocycles.